The topological polar surface area (TPSA) is 52.6 Å². The second-order valence-corrected chi connectivity index (χ2v) is 5.81. The van der Waals surface area contributed by atoms with Gasteiger partial charge in [0.05, 0.1) is 24.3 Å². The molecule has 0 aliphatic rings. The Hall–Kier alpha value is -3.50. The number of carbonyl (C=O) groups excluding carboxylic acids is 2. The first-order valence-electron chi connectivity index (χ1n) is 9.17. The Bertz CT molecular complexity index is 789. The second kappa shape index (κ2) is 12.8. The van der Waals surface area contributed by atoms with E-state index in [1.54, 1.807) is 48.5 Å². The van der Waals surface area contributed by atoms with Crippen LogP contribution >= 0.6 is 0 Å². The minimum absolute atomic E-state index is 0.318. The molecule has 0 bridgehead atoms. The molecule has 4 heteroatoms. The summed E-state index contributed by atoms with van der Waals surface area (Å²) in [4.78, 5) is 23.4. The highest BCUT2D eigenvalue weighted by atomic mass is 16.5. The summed E-state index contributed by atoms with van der Waals surface area (Å²) in [7, 11) is 0. The molecule has 28 heavy (non-hydrogen) atoms. The third kappa shape index (κ3) is 8.25. The molecule has 2 aromatic rings. The zero-order valence-corrected chi connectivity index (χ0v) is 15.6. The summed E-state index contributed by atoms with van der Waals surface area (Å²) in [5, 5.41) is 0. The third-order valence-corrected chi connectivity index (χ3v) is 3.62. The SMILES string of the molecule is O=C(OCCCC#CC#CCCCOC(=O)c1ccccc1)c1ccccc1. The predicted octanol–water partition coefficient (Wildman–Crippen LogP) is 4.27. The van der Waals surface area contributed by atoms with Crippen molar-refractivity contribution in [1.29, 1.82) is 0 Å². The molecular formula is C24H22O4. The van der Waals surface area contributed by atoms with E-state index in [1.807, 2.05) is 12.1 Å². The van der Waals surface area contributed by atoms with Gasteiger partial charge in [0, 0.05) is 12.8 Å². The molecule has 4 nitrogen and oxygen atoms in total. The molecule has 2 aromatic carbocycles. The second-order valence-electron chi connectivity index (χ2n) is 5.81. The fourth-order valence-corrected chi connectivity index (χ4v) is 2.18. The first kappa shape index (κ1) is 20.8. The van der Waals surface area contributed by atoms with Gasteiger partial charge < -0.3 is 9.47 Å². The molecule has 0 saturated heterocycles. The van der Waals surface area contributed by atoms with E-state index in [0.717, 1.165) is 0 Å². The lowest BCUT2D eigenvalue weighted by atomic mass is 10.2. The van der Waals surface area contributed by atoms with Crippen LogP contribution in [0.2, 0.25) is 0 Å². The average Bonchev–Trinajstić information content (AvgIpc) is 2.75. The standard InChI is InChI=1S/C24H22O4/c25-23(21-15-9-7-10-16-21)27-19-13-5-3-1-2-4-6-14-20-28-24(26)22-17-11-8-12-18-22/h7-12,15-18H,5-6,13-14,19-20H2. The van der Waals surface area contributed by atoms with E-state index in [0.29, 0.717) is 50.0 Å². The maximum Gasteiger partial charge on any atom is 0.338 e. The maximum absolute atomic E-state index is 11.7. The Labute approximate surface area is 165 Å². The summed E-state index contributed by atoms with van der Waals surface area (Å²) in [6.45, 7) is 0.672. The average molecular weight is 374 g/mol. The van der Waals surface area contributed by atoms with Crippen molar-refractivity contribution in [3.05, 3.63) is 71.8 Å². The molecule has 0 aliphatic heterocycles. The number of benzene rings is 2. The van der Waals surface area contributed by atoms with Gasteiger partial charge in [-0.2, -0.15) is 0 Å². The van der Waals surface area contributed by atoms with Crippen LogP contribution in [0.5, 0.6) is 0 Å². The minimum atomic E-state index is -0.318. The van der Waals surface area contributed by atoms with Crippen molar-refractivity contribution in [1.82, 2.24) is 0 Å². The van der Waals surface area contributed by atoms with Crippen molar-refractivity contribution >= 4 is 11.9 Å². The van der Waals surface area contributed by atoms with E-state index < -0.39 is 0 Å². The molecular weight excluding hydrogens is 352 g/mol. The van der Waals surface area contributed by atoms with E-state index in [9.17, 15) is 9.59 Å². The molecule has 0 amide bonds. The highest BCUT2D eigenvalue weighted by molar-refractivity contribution is 5.89. The van der Waals surface area contributed by atoms with E-state index in [4.69, 9.17) is 9.47 Å². The monoisotopic (exact) mass is 374 g/mol. The lowest BCUT2D eigenvalue weighted by Gasteiger charge is -2.02. The molecule has 0 aliphatic carbocycles. The molecule has 0 aromatic heterocycles. The highest BCUT2D eigenvalue weighted by Crippen LogP contribution is 2.03. The van der Waals surface area contributed by atoms with E-state index >= 15 is 0 Å². The number of unbranched alkanes of at least 4 members (excludes halogenated alkanes) is 2. The first-order chi connectivity index (χ1) is 13.8. The van der Waals surface area contributed by atoms with E-state index in [2.05, 4.69) is 23.7 Å². The quantitative estimate of drug-likeness (QED) is 0.393. The van der Waals surface area contributed by atoms with Gasteiger partial charge in [-0.05, 0) is 48.9 Å². The molecule has 0 spiro atoms. The molecule has 2 rings (SSSR count). The van der Waals surface area contributed by atoms with Gasteiger partial charge in [0.2, 0.25) is 0 Å². The lowest BCUT2D eigenvalue weighted by Crippen LogP contribution is -2.05. The van der Waals surface area contributed by atoms with Gasteiger partial charge in [-0.15, -0.1) is 0 Å². The van der Waals surface area contributed by atoms with E-state index in [1.165, 1.54) is 0 Å². The Morgan fingerprint density at radius 1 is 0.643 bits per heavy atom. The van der Waals surface area contributed by atoms with Crippen LogP contribution in [0, 0.1) is 23.7 Å². The predicted molar refractivity (Wildman–Crippen MR) is 107 cm³/mol. The van der Waals surface area contributed by atoms with Gasteiger partial charge in [-0.1, -0.05) is 48.2 Å². The lowest BCUT2D eigenvalue weighted by molar-refractivity contribution is 0.0492. The van der Waals surface area contributed by atoms with Gasteiger partial charge in [0.15, 0.2) is 0 Å². The number of rotatable bonds is 8. The number of hydrogen-bond acceptors (Lipinski definition) is 4. The highest BCUT2D eigenvalue weighted by Gasteiger charge is 2.05. The van der Waals surface area contributed by atoms with Crippen molar-refractivity contribution in [2.75, 3.05) is 13.2 Å². The largest absolute Gasteiger partial charge is 0.462 e. The zero-order chi connectivity index (χ0) is 19.9. The van der Waals surface area contributed by atoms with Gasteiger partial charge in [-0.3, -0.25) is 0 Å². The van der Waals surface area contributed by atoms with Crippen molar-refractivity contribution < 1.29 is 19.1 Å². The van der Waals surface area contributed by atoms with Crippen LogP contribution in [-0.2, 0) is 9.47 Å². The Morgan fingerprint density at radius 3 is 1.43 bits per heavy atom. The Morgan fingerprint density at radius 2 is 1.04 bits per heavy atom. The fraction of sp³-hybridized carbons (Fsp3) is 0.250. The number of carbonyl (C=O) groups is 2. The fourth-order valence-electron chi connectivity index (χ4n) is 2.18. The number of hydrogen-bond donors (Lipinski definition) is 0. The smallest absolute Gasteiger partial charge is 0.338 e. The zero-order valence-electron chi connectivity index (χ0n) is 15.6. The Balaban J connectivity index is 1.50. The maximum atomic E-state index is 11.7. The van der Waals surface area contributed by atoms with E-state index in [-0.39, 0.29) is 11.9 Å². The van der Waals surface area contributed by atoms with Crippen LogP contribution in [0.4, 0.5) is 0 Å². The van der Waals surface area contributed by atoms with Crippen LogP contribution in [-0.4, -0.2) is 25.2 Å². The van der Waals surface area contributed by atoms with Crippen molar-refractivity contribution in [3.8, 4) is 23.7 Å². The molecule has 0 unspecified atom stereocenters. The van der Waals surface area contributed by atoms with Gasteiger partial charge >= 0.3 is 11.9 Å². The molecule has 0 fully saturated rings. The van der Waals surface area contributed by atoms with Crippen LogP contribution in [0.15, 0.2) is 60.7 Å². The summed E-state index contributed by atoms with van der Waals surface area (Å²) in [5.74, 6) is 10.8. The van der Waals surface area contributed by atoms with Crippen LogP contribution in [0.25, 0.3) is 0 Å². The number of esters is 2. The van der Waals surface area contributed by atoms with Gasteiger partial charge in [0.1, 0.15) is 0 Å². The molecule has 0 saturated carbocycles. The van der Waals surface area contributed by atoms with Crippen LogP contribution in [0.1, 0.15) is 46.4 Å². The summed E-state index contributed by atoms with van der Waals surface area (Å²) in [5.41, 5.74) is 1.10. The Kier molecular flexibility index (Phi) is 9.50. The molecule has 0 radical (unpaired) electrons. The summed E-state index contributed by atoms with van der Waals surface area (Å²) < 4.78 is 10.3. The minimum Gasteiger partial charge on any atom is -0.462 e. The van der Waals surface area contributed by atoms with Crippen molar-refractivity contribution in [2.24, 2.45) is 0 Å². The number of ether oxygens (including phenoxy) is 2. The molecule has 142 valence electrons. The van der Waals surface area contributed by atoms with Crippen LogP contribution < -0.4 is 0 Å². The van der Waals surface area contributed by atoms with Crippen molar-refractivity contribution in [3.63, 3.8) is 0 Å². The van der Waals surface area contributed by atoms with Crippen LogP contribution in [0.3, 0.4) is 0 Å². The third-order valence-electron chi connectivity index (χ3n) is 3.62. The summed E-state index contributed by atoms with van der Waals surface area (Å²) in [6, 6.07) is 17.8. The summed E-state index contributed by atoms with van der Waals surface area (Å²) in [6.07, 6.45) is 2.57. The molecule has 0 N–H and O–H groups in total. The molecule has 0 atom stereocenters. The summed E-state index contributed by atoms with van der Waals surface area (Å²) >= 11 is 0. The first-order valence-corrected chi connectivity index (χ1v) is 9.17. The normalized spacial score (nSPS) is 9.29. The van der Waals surface area contributed by atoms with Crippen molar-refractivity contribution in [2.45, 2.75) is 25.7 Å². The van der Waals surface area contributed by atoms with Gasteiger partial charge in [-0.25, -0.2) is 9.59 Å². The van der Waals surface area contributed by atoms with Gasteiger partial charge in [0.25, 0.3) is 0 Å². The molecule has 0 heterocycles.